The van der Waals surface area contributed by atoms with Gasteiger partial charge in [0.15, 0.2) is 11.6 Å². The highest BCUT2D eigenvalue weighted by molar-refractivity contribution is 5.79. The average Bonchev–Trinajstić information content (AvgIpc) is 2.57. The monoisotopic (exact) mass is 327 g/mol. The maximum Gasteiger partial charge on any atom is 0.266 e. The predicted molar refractivity (Wildman–Crippen MR) is 86.9 cm³/mol. The van der Waals surface area contributed by atoms with Crippen molar-refractivity contribution in [2.75, 3.05) is 12.8 Å². The Bertz CT molecular complexity index is 971. The van der Waals surface area contributed by atoms with E-state index in [-0.39, 0.29) is 17.3 Å². The largest absolute Gasteiger partial charge is 0.494 e. The second-order valence-corrected chi connectivity index (χ2v) is 5.02. The first-order chi connectivity index (χ1) is 11.5. The maximum atomic E-state index is 14.0. The smallest absolute Gasteiger partial charge is 0.266 e. The van der Waals surface area contributed by atoms with Crippen molar-refractivity contribution in [2.45, 2.75) is 0 Å². The van der Waals surface area contributed by atoms with Crippen molar-refractivity contribution in [3.05, 3.63) is 52.7 Å². The minimum Gasteiger partial charge on any atom is -0.494 e. The average molecular weight is 327 g/mol. The van der Waals surface area contributed by atoms with Crippen LogP contribution in [0, 0.1) is 5.82 Å². The molecule has 0 fully saturated rings. The first kappa shape index (κ1) is 15.6. The summed E-state index contributed by atoms with van der Waals surface area (Å²) in [6.07, 6.45) is 1.49. The molecule has 0 bridgehead atoms. The number of rotatable bonds is 3. The Balaban J connectivity index is 2.20. The number of nitrogen functional groups attached to an aromatic ring is 1. The van der Waals surface area contributed by atoms with Crippen molar-refractivity contribution in [3.63, 3.8) is 0 Å². The number of aryl methyl sites for hydroxylation is 1. The van der Waals surface area contributed by atoms with E-state index >= 15 is 0 Å². The van der Waals surface area contributed by atoms with Gasteiger partial charge in [-0.15, -0.1) is 0 Å². The summed E-state index contributed by atoms with van der Waals surface area (Å²) < 4.78 is 20.1. The third-order valence-electron chi connectivity index (χ3n) is 3.47. The molecule has 0 atom stereocenters. The molecule has 0 radical (unpaired) electrons. The van der Waals surface area contributed by atoms with Crippen LogP contribution >= 0.6 is 0 Å². The van der Waals surface area contributed by atoms with Gasteiger partial charge in [0.1, 0.15) is 0 Å². The van der Waals surface area contributed by atoms with Crippen LogP contribution in [0.4, 0.5) is 10.3 Å². The molecule has 24 heavy (non-hydrogen) atoms. The Morgan fingerprint density at radius 1 is 1.25 bits per heavy atom. The topological polar surface area (TPSA) is 95.9 Å². The fraction of sp³-hybridized carbons (Fsp3) is 0.125. The molecule has 2 heterocycles. The number of ether oxygens (including phenoxy) is 1. The van der Waals surface area contributed by atoms with E-state index in [9.17, 15) is 9.18 Å². The van der Waals surface area contributed by atoms with Gasteiger partial charge in [-0.05, 0) is 24.3 Å². The number of halogens is 1. The van der Waals surface area contributed by atoms with Crippen LogP contribution in [0.3, 0.4) is 0 Å². The van der Waals surface area contributed by atoms with Gasteiger partial charge in [0, 0.05) is 30.4 Å². The molecule has 0 saturated heterocycles. The highest BCUT2D eigenvalue weighted by Gasteiger charge is 2.15. The predicted octanol–water partition coefficient (Wildman–Crippen LogP) is 1.63. The second-order valence-electron chi connectivity index (χ2n) is 5.02. The number of nitrogens with zero attached hydrogens (tertiary/aromatic N) is 4. The quantitative estimate of drug-likeness (QED) is 0.785. The van der Waals surface area contributed by atoms with Crippen molar-refractivity contribution in [1.29, 1.82) is 0 Å². The molecule has 122 valence electrons. The van der Waals surface area contributed by atoms with Crippen molar-refractivity contribution >= 4 is 5.95 Å². The highest BCUT2D eigenvalue weighted by Crippen LogP contribution is 2.31. The van der Waals surface area contributed by atoms with E-state index in [1.807, 2.05) is 0 Å². The van der Waals surface area contributed by atoms with Gasteiger partial charge < -0.3 is 10.5 Å². The Morgan fingerprint density at radius 2 is 2.04 bits per heavy atom. The fourth-order valence-electron chi connectivity index (χ4n) is 2.26. The summed E-state index contributed by atoms with van der Waals surface area (Å²) in [5, 5.41) is 4.18. The zero-order valence-electron chi connectivity index (χ0n) is 13.0. The van der Waals surface area contributed by atoms with Crippen molar-refractivity contribution in [3.8, 4) is 28.3 Å². The second kappa shape index (κ2) is 6.07. The van der Waals surface area contributed by atoms with E-state index < -0.39 is 5.82 Å². The number of methoxy groups -OCH3 is 1. The van der Waals surface area contributed by atoms with E-state index in [1.54, 1.807) is 12.1 Å². The van der Waals surface area contributed by atoms with Gasteiger partial charge >= 0.3 is 0 Å². The van der Waals surface area contributed by atoms with Crippen molar-refractivity contribution in [2.24, 2.45) is 7.05 Å². The molecular formula is C16H14FN5O2. The van der Waals surface area contributed by atoms with Gasteiger partial charge in [-0.25, -0.2) is 19.0 Å². The Labute approximate surface area is 136 Å². The van der Waals surface area contributed by atoms with Crippen LogP contribution < -0.4 is 16.0 Å². The van der Waals surface area contributed by atoms with Crippen molar-refractivity contribution < 1.29 is 9.13 Å². The lowest BCUT2D eigenvalue weighted by molar-refractivity contribution is 0.386. The van der Waals surface area contributed by atoms with Crippen LogP contribution in [0.5, 0.6) is 5.75 Å². The van der Waals surface area contributed by atoms with Crippen LogP contribution in [0.2, 0.25) is 0 Å². The molecular weight excluding hydrogens is 313 g/mol. The molecule has 2 N–H and O–H groups in total. The van der Waals surface area contributed by atoms with Gasteiger partial charge in [0.2, 0.25) is 5.95 Å². The molecule has 0 aliphatic rings. The summed E-state index contributed by atoms with van der Waals surface area (Å²) in [5.41, 5.74) is 7.34. The molecule has 2 aromatic heterocycles. The molecule has 3 aromatic rings. The van der Waals surface area contributed by atoms with Gasteiger partial charge in [-0.2, -0.15) is 5.10 Å². The zero-order valence-corrected chi connectivity index (χ0v) is 13.0. The minimum atomic E-state index is -0.522. The Morgan fingerprint density at radius 3 is 2.71 bits per heavy atom. The summed E-state index contributed by atoms with van der Waals surface area (Å²) >= 11 is 0. The third-order valence-corrected chi connectivity index (χ3v) is 3.47. The lowest BCUT2D eigenvalue weighted by Gasteiger charge is -2.10. The standard InChI is InChI=1S/C16H14FN5O2/c1-22-14(23)6-4-12(21-22)10-8-19-16(18)20-15(10)9-3-5-13(24-2)11(17)7-9/h3-8H,1-2H3,(H2,18,19,20). The van der Waals surface area contributed by atoms with Gasteiger partial charge in [0.05, 0.1) is 18.5 Å². The zero-order chi connectivity index (χ0) is 17.3. The molecule has 7 nitrogen and oxygen atoms in total. The fourth-order valence-corrected chi connectivity index (χ4v) is 2.26. The first-order valence-corrected chi connectivity index (χ1v) is 7.00. The summed E-state index contributed by atoms with van der Waals surface area (Å²) in [6, 6.07) is 7.40. The van der Waals surface area contributed by atoms with Gasteiger partial charge in [0.25, 0.3) is 5.56 Å². The first-order valence-electron chi connectivity index (χ1n) is 7.00. The van der Waals surface area contributed by atoms with E-state index in [0.717, 1.165) is 0 Å². The van der Waals surface area contributed by atoms with E-state index in [0.29, 0.717) is 22.5 Å². The molecule has 1 aromatic carbocycles. The molecule has 8 heteroatoms. The van der Waals surface area contributed by atoms with Crippen LogP contribution in [0.1, 0.15) is 0 Å². The molecule has 0 unspecified atom stereocenters. The number of hydrogen-bond donors (Lipinski definition) is 1. The normalized spacial score (nSPS) is 10.6. The summed E-state index contributed by atoms with van der Waals surface area (Å²) in [7, 11) is 2.93. The Hall–Kier alpha value is -3.29. The third kappa shape index (κ3) is 2.81. The lowest BCUT2D eigenvalue weighted by atomic mass is 10.0. The molecule has 0 aliphatic heterocycles. The van der Waals surface area contributed by atoms with Crippen LogP contribution in [-0.4, -0.2) is 26.9 Å². The SMILES string of the molecule is COc1ccc(-c2nc(N)ncc2-c2ccc(=O)n(C)n2)cc1F. The van der Waals surface area contributed by atoms with Crippen LogP contribution in [-0.2, 0) is 7.05 Å². The molecule has 3 rings (SSSR count). The minimum absolute atomic E-state index is 0.0507. The number of benzene rings is 1. The van der Waals surface area contributed by atoms with Crippen LogP contribution in [0.15, 0.2) is 41.3 Å². The van der Waals surface area contributed by atoms with Crippen LogP contribution in [0.25, 0.3) is 22.5 Å². The number of aromatic nitrogens is 4. The van der Waals surface area contributed by atoms with Gasteiger partial charge in [-0.1, -0.05) is 0 Å². The van der Waals surface area contributed by atoms with Crippen molar-refractivity contribution in [1.82, 2.24) is 19.7 Å². The number of anilines is 1. The molecule has 0 aliphatic carbocycles. The molecule has 0 spiro atoms. The summed E-state index contributed by atoms with van der Waals surface area (Å²) in [4.78, 5) is 19.7. The van der Waals surface area contributed by atoms with E-state index in [1.165, 1.54) is 43.2 Å². The number of nitrogens with two attached hydrogens (primary N) is 1. The Kier molecular flexibility index (Phi) is 3.95. The van der Waals surface area contributed by atoms with E-state index in [2.05, 4.69) is 15.1 Å². The number of hydrogen-bond acceptors (Lipinski definition) is 6. The molecule has 0 amide bonds. The lowest BCUT2D eigenvalue weighted by Crippen LogP contribution is -2.18. The van der Waals surface area contributed by atoms with Gasteiger partial charge in [-0.3, -0.25) is 4.79 Å². The van der Waals surface area contributed by atoms with E-state index in [4.69, 9.17) is 10.5 Å². The molecule has 0 saturated carbocycles. The highest BCUT2D eigenvalue weighted by atomic mass is 19.1. The summed E-state index contributed by atoms with van der Waals surface area (Å²) in [6.45, 7) is 0. The maximum absolute atomic E-state index is 14.0. The summed E-state index contributed by atoms with van der Waals surface area (Å²) in [5.74, 6) is -0.344.